The van der Waals surface area contributed by atoms with Gasteiger partial charge in [0.1, 0.15) is 11.5 Å². The first kappa shape index (κ1) is 22.1. The van der Waals surface area contributed by atoms with E-state index in [2.05, 4.69) is 4.74 Å². The van der Waals surface area contributed by atoms with Gasteiger partial charge < -0.3 is 14.4 Å². The second-order valence-corrected chi connectivity index (χ2v) is 7.67. The van der Waals surface area contributed by atoms with Crippen molar-refractivity contribution in [2.45, 2.75) is 44.5 Å². The van der Waals surface area contributed by atoms with Gasteiger partial charge in [-0.15, -0.1) is 13.2 Å². The molecule has 0 saturated carbocycles. The van der Waals surface area contributed by atoms with Crippen LogP contribution in [0.3, 0.4) is 0 Å². The lowest BCUT2D eigenvalue weighted by Gasteiger charge is -2.44. The van der Waals surface area contributed by atoms with Crippen molar-refractivity contribution in [3.8, 4) is 11.5 Å². The minimum Gasteiger partial charge on any atom is -0.410 e. The van der Waals surface area contributed by atoms with Crippen LogP contribution in [-0.2, 0) is 4.79 Å². The molecule has 2 fully saturated rings. The molecule has 2 amide bonds. The largest absolute Gasteiger partial charge is 0.573 e. The zero-order chi connectivity index (χ0) is 22.1. The molecule has 2 aliphatic rings. The molecule has 3 rings (SSSR count). The Hall–Kier alpha value is -2.59. The molecule has 0 aliphatic carbocycles. The molecule has 0 spiro atoms. The van der Waals surface area contributed by atoms with Gasteiger partial charge in [0.25, 0.3) is 5.92 Å². The molecule has 0 radical (unpaired) electrons. The number of amides is 2. The monoisotopic (exact) mass is 436 g/mol. The Labute approximate surface area is 169 Å². The molecule has 6 nitrogen and oxygen atoms in total. The average molecular weight is 436 g/mol. The van der Waals surface area contributed by atoms with E-state index >= 15 is 0 Å². The standard InChI is InChI=1S/C19H21F5N2O4/c1-12-6-7-26(16(27)8-12)13-9-18(20,21)11-25(10-13)17(28)29-14-2-4-15(5-3-14)30-19(22,23)24/h2-5,12-13H,6-11H2,1H3/t12?,13-/m1/s1. The number of likely N-dealkylation sites (tertiary alicyclic amines) is 2. The summed E-state index contributed by atoms with van der Waals surface area (Å²) in [4.78, 5) is 26.9. The van der Waals surface area contributed by atoms with Crippen LogP contribution in [0.25, 0.3) is 0 Å². The van der Waals surface area contributed by atoms with Crippen LogP contribution in [-0.4, -0.2) is 59.8 Å². The van der Waals surface area contributed by atoms with Crippen molar-refractivity contribution in [2.75, 3.05) is 19.6 Å². The summed E-state index contributed by atoms with van der Waals surface area (Å²) >= 11 is 0. The average Bonchev–Trinajstić information content (AvgIpc) is 2.60. The summed E-state index contributed by atoms with van der Waals surface area (Å²) in [5.74, 6) is -3.86. The Bertz CT molecular complexity index is 784. The lowest BCUT2D eigenvalue weighted by molar-refractivity contribution is -0.274. The van der Waals surface area contributed by atoms with Gasteiger partial charge in [0.05, 0.1) is 12.6 Å². The van der Waals surface area contributed by atoms with Gasteiger partial charge in [-0.25, -0.2) is 13.6 Å². The second-order valence-electron chi connectivity index (χ2n) is 7.67. The molecule has 2 aliphatic heterocycles. The highest BCUT2D eigenvalue weighted by Gasteiger charge is 2.46. The molecule has 0 N–H and O–H groups in total. The fourth-order valence-corrected chi connectivity index (χ4v) is 3.68. The van der Waals surface area contributed by atoms with E-state index in [4.69, 9.17) is 4.74 Å². The minimum atomic E-state index is -4.86. The third kappa shape index (κ3) is 5.73. The van der Waals surface area contributed by atoms with Gasteiger partial charge in [0.2, 0.25) is 5.91 Å². The smallest absolute Gasteiger partial charge is 0.410 e. The highest BCUT2D eigenvalue weighted by Crippen LogP contribution is 2.32. The summed E-state index contributed by atoms with van der Waals surface area (Å²) in [5.41, 5.74) is 0. The van der Waals surface area contributed by atoms with Crippen molar-refractivity contribution in [2.24, 2.45) is 5.92 Å². The van der Waals surface area contributed by atoms with E-state index in [1.165, 1.54) is 4.90 Å². The number of nitrogens with zero attached hydrogens (tertiary/aromatic N) is 2. The SMILES string of the molecule is CC1CCN([C@H]2CN(C(=O)Oc3ccc(OC(F)(F)F)cc3)CC(F)(F)C2)C(=O)C1. The molecule has 1 unspecified atom stereocenters. The van der Waals surface area contributed by atoms with Crippen molar-refractivity contribution in [3.05, 3.63) is 24.3 Å². The lowest BCUT2D eigenvalue weighted by atomic mass is 9.94. The van der Waals surface area contributed by atoms with Crippen LogP contribution in [0.4, 0.5) is 26.7 Å². The van der Waals surface area contributed by atoms with Crippen LogP contribution < -0.4 is 9.47 Å². The number of hydrogen-bond acceptors (Lipinski definition) is 4. The molecular formula is C19H21F5N2O4. The Morgan fingerprint density at radius 3 is 2.40 bits per heavy atom. The van der Waals surface area contributed by atoms with Crippen LogP contribution in [0.15, 0.2) is 24.3 Å². The first-order valence-electron chi connectivity index (χ1n) is 9.42. The topological polar surface area (TPSA) is 59.1 Å². The molecule has 0 aromatic heterocycles. The molecule has 0 bridgehead atoms. The van der Waals surface area contributed by atoms with E-state index in [0.717, 1.165) is 29.2 Å². The second kappa shape index (κ2) is 8.27. The fraction of sp³-hybridized carbons (Fsp3) is 0.579. The predicted octanol–water partition coefficient (Wildman–Crippen LogP) is 4.05. The van der Waals surface area contributed by atoms with Gasteiger partial charge in [-0.1, -0.05) is 6.92 Å². The number of hydrogen-bond donors (Lipinski definition) is 0. The van der Waals surface area contributed by atoms with Crippen LogP contribution >= 0.6 is 0 Å². The highest BCUT2D eigenvalue weighted by atomic mass is 19.4. The quantitative estimate of drug-likeness (QED) is 0.671. The van der Waals surface area contributed by atoms with Crippen molar-refractivity contribution >= 4 is 12.0 Å². The van der Waals surface area contributed by atoms with Crippen LogP contribution in [0.2, 0.25) is 0 Å². The van der Waals surface area contributed by atoms with Gasteiger partial charge in [-0.05, 0) is 36.6 Å². The highest BCUT2D eigenvalue weighted by molar-refractivity contribution is 5.78. The number of carbonyl (C=O) groups excluding carboxylic acids is 2. The number of ether oxygens (including phenoxy) is 2. The van der Waals surface area contributed by atoms with Crippen molar-refractivity contribution in [1.82, 2.24) is 9.80 Å². The Kier molecular flexibility index (Phi) is 6.09. The van der Waals surface area contributed by atoms with E-state index < -0.39 is 43.1 Å². The van der Waals surface area contributed by atoms with Gasteiger partial charge >= 0.3 is 12.5 Å². The Balaban J connectivity index is 1.65. The van der Waals surface area contributed by atoms with Gasteiger partial charge in [-0.3, -0.25) is 9.69 Å². The van der Waals surface area contributed by atoms with Gasteiger partial charge in [0.15, 0.2) is 0 Å². The van der Waals surface area contributed by atoms with E-state index in [0.29, 0.717) is 13.0 Å². The number of rotatable bonds is 3. The number of benzene rings is 1. The minimum absolute atomic E-state index is 0.107. The van der Waals surface area contributed by atoms with Crippen LogP contribution in [0.5, 0.6) is 11.5 Å². The third-order valence-electron chi connectivity index (χ3n) is 5.06. The normalized spacial score (nSPS) is 24.5. The molecular weight excluding hydrogens is 415 g/mol. The number of halogens is 5. The molecule has 11 heteroatoms. The van der Waals surface area contributed by atoms with E-state index in [1.54, 1.807) is 0 Å². The Morgan fingerprint density at radius 2 is 1.80 bits per heavy atom. The van der Waals surface area contributed by atoms with Crippen molar-refractivity contribution in [3.63, 3.8) is 0 Å². The van der Waals surface area contributed by atoms with Crippen LogP contribution in [0.1, 0.15) is 26.2 Å². The molecule has 2 saturated heterocycles. The summed E-state index contributed by atoms with van der Waals surface area (Å²) in [6.45, 7) is 1.30. The number of carbonyl (C=O) groups is 2. The molecule has 1 aromatic carbocycles. The summed E-state index contributed by atoms with van der Waals surface area (Å²) < 4.78 is 73.8. The number of piperidine rings is 2. The molecule has 1 aromatic rings. The Morgan fingerprint density at radius 1 is 1.17 bits per heavy atom. The van der Waals surface area contributed by atoms with E-state index in [9.17, 15) is 31.5 Å². The summed E-state index contributed by atoms with van der Waals surface area (Å²) in [5, 5.41) is 0. The fourth-order valence-electron chi connectivity index (χ4n) is 3.68. The maximum atomic E-state index is 14.3. The maximum absolute atomic E-state index is 14.3. The molecule has 30 heavy (non-hydrogen) atoms. The van der Waals surface area contributed by atoms with E-state index in [-0.39, 0.29) is 30.5 Å². The van der Waals surface area contributed by atoms with Crippen LogP contribution in [0, 0.1) is 5.92 Å². The third-order valence-corrected chi connectivity index (χ3v) is 5.06. The first-order chi connectivity index (χ1) is 13.9. The van der Waals surface area contributed by atoms with Gasteiger partial charge in [-0.2, -0.15) is 0 Å². The lowest BCUT2D eigenvalue weighted by Crippen LogP contribution is -2.59. The first-order valence-corrected chi connectivity index (χ1v) is 9.42. The molecule has 166 valence electrons. The summed E-state index contributed by atoms with van der Waals surface area (Å²) in [6, 6.07) is 3.18. The van der Waals surface area contributed by atoms with Gasteiger partial charge in [0, 0.05) is 25.9 Å². The predicted molar refractivity (Wildman–Crippen MR) is 94.2 cm³/mol. The maximum Gasteiger partial charge on any atom is 0.573 e. The zero-order valence-corrected chi connectivity index (χ0v) is 16.1. The molecule has 2 heterocycles. The summed E-state index contributed by atoms with van der Waals surface area (Å²) in [6.07, 6.45) is -5.50. The van der Waals surface area contributed by atoms with E-state index in [1.807, 2.05) is 6.92 Å². The number of alkyl halides is 5. The zero-order valence-electron chi connectivity index (χ0n) is 16.1. The summed E-state index contributed by atoms with van der Waals surface area (Å²) in [7, 11) is 0. The molecule has 2 atom stereocenters. The van der Waals surface area contributed by atoms with Crippen molar-refractivity contribution < 1.29 is 41.0 Å². The van der Waals surface area contributed by atoms with Crippen molar-refractivity contribution in [1.29, 1.82) is 0 Å².